The summed E-state index contributed by atoms with van der Waals surface area (Å²) in [6.45, 7) is 0. The summed E-state index contributed by atoms with van der Waals surface area (Å²) in [6, 6.07) is 38.3. The molecule has 0 N–H and O–H groups in total. The molecule has 0 atom stereocenters. The lowest BCUT2D eigenvalue weighted by atomic mass is 9.94. The van der Waals surface area contributed by atoms with Crippen molar-refractivity contribution in [3.8, 4) is 22.3 Å². The zero-order valence-corrected chi connectivity index (χ0v) is 21.4. The molecule has 0 fully saturated rings. The van der Waals surface area contributed by atoms with E-state index in [-0.39, 0.29) is 5.56 Å². The molecule has 0 unspecified atom stereocenters. The summed E-state index contributed by atoms with van der Waals surface area (Å²) in [4.78, 5) is 14.1. The highest BCUT2D eigenvalue weighted by Gasteiger charge is 2.20. The molecule has 184 valence electrons. The van der Waals surface area contributed by atoms with Crippen molar-refractivity contribution in [1.29, 1.82) is 0 Å². The third-order valence-electron chi connectivity index (χ3n) is 8.15. The quantitative estimate of drug-likeness (QED) is 0.222. The van der Waals surface area contributed by atoms with Crippen molar-refractivity contribution in [3.05, 3.63) is 143 Å². The Balaban J connectivity index is 1.53. The van der Waals surface area contributed by atoms with Crippen LogP contribution in [-0.2, 0) is 0 Å². The van der Waals surface area contributed by atoms with Crippen LogP contribution in [0.2, 0.25) is 0 Å². The average Bonchev–Trinajstić information content (AvgIpc) is 3.35. The second-order valence-corrected chi connectivity index (χ2v) is 10.4. The van der Waals surface area contributed by atoms with Gasteiger partial charge < -0.3 is 0 Å². The molecule has 2 aromatic heterocycles. The number of hydrogen-bond donors (Lipinski definition) is 0. The predicted molar refractivity (Wildman–Crippen MR) is 165 cm³/mol. The Morgan fingerprint density at radius 1 is 0.513 bits per heavy atom. The van der Waals surface area contributed by atoms with E-state index in [9.17, 15) is 4.79 Å². The predicted octanol–water partition coefficient (Wildman–Crippen LogP) is 9.26. The van der Waals surface area contributed by atoms with Crippen LogP contribution in [-0.4, -0.2) is 4.40 Å². The molecule has 0 amide bonds. The molecule has 1 aliphatic carbocycles. The Morgan fingerprint density at radius 3 is 1.87 bits per heavy atom. The fourth-order valence-electron chi connectivity index (χ4n) is 6.25. The Bertz CT molecular complexity index is 2170. The third kappa shape index (κ3) is 3.38. The molecule has 2 heteroatoms. The van der Waals surface area contributed by atoms with Crippen LogP contribution in [0.25, 0.3) is 65.8 Å². The summed E-state index contributed by atoms with van der Waals surface area (Å²) in [5.74, 6) is 0. The molecule has 5 aromatic carbocycles. The molecule has 1 aliphatic rings. The maximum Gasteiger partial charge on any atom is 0.263 e. The van der Waals surface area contributed by atoms with Crippen LogP contribution < -0.4 is 5.56 Å². The molecular formula is C37H25NO. The van der Waals surface area contributed by atoms with E-state index < -0.39 is 0 Å². The van der Waals surface area contributed by atoms with Gasteiger partial charge in [0.05, 0.1) is 11.0 Å². The summed E-state index contributed by atoms with van der Waals surface area (Å²) in [5.41, 5.74) is 9.02. The summed E-state index contributed by atoms with van der Waals surface area (Å²) in [7, 11) is 0. The van der Waals surface area contributed by atoms with E-state index in [1.165, 1.54) is 16.7 Å². The van der Waals surface area contributed by atoms with Crippen molar-refractivity contribution in [2.24, 2.45) is 0 Å². The molecule has 7 aromatic rings. The van der Waals surface area contributed by atoms with Gasteiger partial charge in [0, 0.05) is 21.5 Å². The van der Waals surface area contributed by atoms with Gasteiger partial charge in [-0.15, -0.1) is 0 Å². The number of pyridine rings is 1. The topological polar surface area (TPSA) is 21.5 Å². The molecule has 0 radical (unpaired) electrons. The van der Waals surface area contributed by atoms with E-state index >= 15 is 0 Å². The molecular weight excluding hydrogens is 474 g/mol. The van der Waals surface area contributed by atoms with Crippen molar-refractivity contribution in [2.75, 3.05) is 0 Å². The van der Waals surface area contributed by atoms with Gasteiger partial charge >= 0.3 is 0 Å². The van der Waals surface area contributed by atoms with Crippen molar-refractivity contribution >= 4 is 43.5 Å². The van der Waals surface area contributed by atoms with Crippen molar-refractivity contribution in [1.82, 2.24) is 4.40 Å². The van der Waals surface area contributed by atoms with Crippen LogP contribution in [0, 0.1) is 0 Å². The molecule has 0 saturated carbocycles. The van der Waals surface area contributed by atoms with Crippen LogP contribution in [0.15, 0.2) is 132 Å². The van der Waals surface area contributed by atoms with Gasteiger partial charge in [-0.05, 0) is 88.0 Å². The van der Waals surface area contributed by atoms with E-state index in [4.69, 9.17) is 0 Å². The van der Waals surface area contributed by atoms with Crippen LogP contribution in [0.1, 0.15) is 18.4 Å². The minimum Gasteiger partial charge on any atom is -0.275 e. The Hall–Kier alpha value is -4.95. The largest absolute Gasteiger partial charge is 0.275 e. The van der Waals surface area contributed by atoms with Crippen LogP contribution in [0.4, 0.5) is 0 Å². The number of rotatable bonds is 3. The molecule has 0 bridgehead atoms. The first-order chi connectivity index (χ1) is 19.3. The Morgan fingerprint density at radius 2 is 1.15 bits per heavy atom. The second-order valence-electron chi connectivity index (χ2n) is 10.4. The number of allylic oxidation sites excluding steroid dienone is 4. The molecule has 8 rings (SSSR count). The summed E-state index contributed by atoms with van der Waals surface area (Å²) in [5, 5.41) is 5.09. The van der Waals surface area contributed by atoms with Crippen LogP contribution >= 0.6 is 0 Å². The van der Waals surface area contributed by atoms with E-state index in [2.05, 4.69) is 115 Å². The van der Waals surface area contributed by atoms with Crippen LogP contribution in [0.5, 0.6) is 0 Å². The monoisotopic (exact) mass is 499 g/mol. The number of aromatic nitrogens is 1. The number of nitrogens with zero attached hydrogens (tertiary/aromatic N) is 1. The number of benzene rings is 5. The van der Waals surface area contributed by atoms with Crippen LogP contribution in [0.3, 0.4) is 0 Å². The van der Waals surface area contributed by atoms with Gasteiger partial charge in [0.25, 0.3) is 5.56 Å². The summed E-state index contributed by atoms with van der Waals surface area (Å²) < 4.78 is 1.94. The van der Waals surface area contributed by atoms with Crippen molar-refractivity contribution in [3.63, 3.8) is 0 Å². The molecule has 2 nitrogen and oxygen atoms in total. The number of fused-ring (bicyclic) bond motifs is 5. The van der Waals surface area contributed by atoms with Gasteiger partial charge in [0.15, 0.2) is 0 Å². The Kier molecular flexibility index (Phi) is 4.83. The molecule has 39 heavy (non-hydrogen) atoms. The SMILES string of the molecule is O=c1c2ccc(C3=CCCC=C3)cc2c2cc(-c3ccccc3)cc3c4cc(-c5ccccc5)ccc4n1c23. The standard InChI is InChI=1S/C37H25NO/c39-37-30-18-16-27(24-10-4-1-5-11-24)20-31(30)33-22-29(26-14-8-3-9-15-26)23-34-32-21-28(25-12-6-2-7-13-25)17-19-35(32)38(37)36(33)34/h2-4,6-23H,1,5H2. The fourth-order valence-corrected chi connectivity index (χ4v) is 6.25. The van der Waals surface area contributed by atoms with Gasteiger partial charge in [0.1, 0.15) is 0 Å². The van der Waals surface area contributed by atoms with Gasteiger partial charge in [-0.2, -0.15) is 0 Å². The zero-order valence-electron chi connectivity index (χ0n) is 21.4. The minimum atomic E-state index is 0.0390. The fraction of sp³-hybridized carbons (Fsp3) is 0.0541. The normalized spacial score (nSPS) is 13.6. The smallest absolute Gasteiger partial charge is 0.263 e. The van der Waals surface area contributed by atoms with E-state index in [0.29, 0.717) is 0 Å². The van der Waals surface area contributed by atoms with Gasteiger partial charge in [-0.3, -0.25) is 9.20 Å². The maximum atomic E-state index is 14.1. The molecule has 0 spiro atoms. The van der Waals surface area contributed by atoms with E-state index in [1.807, 2.05) is 16.5 Å². The van der Waals surface area contributed by atoms with Crippen molar-refractivity contribution < 1.29 is 0 Å². The highest BCUT2D eigenvalue weighted by atomic mass is 16.1. The number of hydrogen-bond acceptors (Lipinski definition) is 1. The van der Waals surface area contributed by atoms with Gasteiger partial charge in [0.2, 0.25) is 0 Å². The van der Waals surface area contributed by atoms with E-state index in [1.54, 1.807) is 0 Å². The Labute approximate surface area is 226 Å². The van der Waals surface area contributed by atoms with Crippen molar-refractivity contribution in [2.45, 2.75) is 12.8 Å². The van der Waals surface area contributed by atoms with Gasteiger partial charge in [-0.1, -0.05) is 91.0 Å². The zero-order chi connectivity index (χ0) is 25.9. The average molecular weight is 500 g/mol. The second kappa shape index (κ2) is 8.54. The molecule has 0 saturated heterocycles. The minimum absolute atomic E-state index is 0.0390. The third-order valence-corrected chi connectivity index (χ3v) is 8.15. The highest BCUT2D eigenvalue weighted by Crippen LogP contribution is 2.40. The highest BCUT2D eigenvalue weighted by molar-refractivity contribution is 6.22. The first-order valence-electron chi connectivity index (χ1n) is 13.6. The lowest BCUT2D eigenvalue weighted by Crippen LogP contribution is -2.13. The maximum absolute atomic E-state index is 14.1. The lowest BCUT2D eigenvalue weighted by Gasteiger charge is -2.12. The first-order valence-corrected chi connectivity index (χ1v) is 13.6. The summed E-state index contributed by atoms with van der Waals surface area (Å²) in [6.07, 6.45) is 8.86. The molecule has 0 aliphatic heterocycles. The molecule has 2 heterocycles. The van der Waals surface area contributed by atoms with E-state index in [0.717, 1.165) is 67.5 Å². The lowest BCUT2D eigenvalue weighted by molar-refractivity contribution is 1.04. The van der Waals surface area contributed by atoms with Gasteiger partial charge in [-0.25, -0.2) is 0 Å². The first kappa shape index (κ1) is 22.1. The summed E-state index contributed by atoms with van der Waals surface area (Å²) >= 11 is 0.